The minimum atomic E-state index is -0.790. The predicted molar refractivity (Wildman–Crippen MR) is 62.5 cm³/mol. The molecule has 1 N–H and O–H groups in total. The molecule has 0 aliphatic heterocycles. The maximum absolute atomic E-state index is 11.3. The molecule has 0 bridgehead atoms. The van der Waals surface area contributed by atoms with Crippen molar-refractivity contribution in [2.75, 3.05) is 12.4 Å². The van der Waals surface area contributed by atoms with Gasteiger partial charge >= 0.3 is 11.9 Å². The van der Waals surface area contributed by atoms with Crippen molar-refractivity contribution < 1.29 is 19.4 Å². The topological polar surface area (TPSA) is 63.6 Å². The highest BCUT2D eigenvalue weighted by atomic mass is 32.2. The molecule has 1 rings (SSSR count). The molecular weight excluding hydrogens is 228 g/mol. The number of carbonyl (C=O) groups is 2. The van der Waals surface area contributed by atoms with Gasteiger partial charge in [0.2, 0.25) is 0 Å². The SMILES string of the molecule is CCOC(=O)CSC1(C(=O)O)CCCCC1. The van der Waals surface area contributed by atoms with E-state index in [1.54, 1.807) is 6.92 Å². The number of hydrogen-bond acceptors (Lipinski definition) is 4. The fourth-order valence-corrected chi connectivity index (χ4v) is 3.12. The zero-order chi connectivity index (χ0) is 12.0. The van der Waals surface area contributed by atoms with Gasteiger partial charge in [0.1, 0.15) is 4.75 Å². The van der Waals surface area contributed by atoms with Crippen LogP contribution in [0.4, 0.5) is 0 Å². The summed E-state index contributed by atoms with van der Waals surface area (Å²) in [5.74, 6) is -0.972. The maximum atomic E-state index is 11.3. The lowest BCUT2D eigenvalue weighted by atomic mass is 9.88. The molecule has 4 nitrogen and oxygen atoms in total. The van der Waals surface area contributed by atoms with Crippen LogP contribution in [0, 0.1) is 0 Å². The van der Waals surface area contributed by atoms with E-state index in [-0.39, 0.29) is 11.7 Å². The summed E-state index contributed by atoms with van der Waals surface area (Å²) < 4.78 is 4.05. The van der Waals surface area contributed by atoms with Gasteiger partial charge in [-0.3, -0.25) is 9.59 Å². The van der Waals surface area contributed by atoms with Gasteiger partial charge in [-0.2, -0.15) is 0 Å². The smallest absolute Gasteiger partial charge is 0.319 e. The molecule has 0 amide bonds. The summed E-state index contributed by atoms with van der Waals surface area (Å²) in [7, 11) is 0. The van der Waals surface area contributed by atoms with Crippen molar-refractivity contribution in [3.8, 4) is 0 Å². The Bertz CT molecular complexity index is 259. The molecule has 92 valence electrons. The van der Waals surface area contributed by atoms with Gasteiger partial charge in [-0.15, -0.1) is 11.8 Å². The Morgan fingerprint density at radius 2 is 1.94 bits per heavy atom. The second-order valence-electron chi connectivity index (χ2n) is 3.95. The van der Waals surface area contributed by atoms with Gasteiger partial charge in [-0.05, 0) is 19.8 Å². The van der Waals surface area contributed by atoms with Crippen molar-refractivity contribution in [3.05, 3.63) is 0 Å². The van der Waals surface area contributed by atoms with E-state index in [9.17, 15) is 14.7 Å². The summed E-state index contributed by atoms with van der Waals surface area (Å²) >= 11 is 1.23. The lowest BCUT2D eigenvalue weighted by Gasteiger charge is -2.32. The summed E-state index contributed by atoms with van der Waals surface area (Å²) in [5, 5.41) is 9.26. The van der Waals surface area contributed by atoms with Gasteiger partial charge in [0.15, 0.2) is 0 Å². The van der Waals surface area contributed by atoms with Crippen molar-refractivity contribution >= 4 is 23.7 Å². The van der Waals surface area contributed by atoms with Crippen LogP contribution in [0.25, 0.3) is 0 Å². The summed E-state index contributed by atoms with van der Waals surface area (Å²) in [6, 6.07) is 0. The Balaban J connectivity index is 2.51. The number of ether oxygens (including phenoxy) is 1. The predicted octanol–water partition coefficient (Wildman–Crippen LogP) is 2.07. The first-order valence-corrected chi connectivity index (χ1v) is 6.62. The molecule has 5 heteroatoms. The lowest BCUT2D eigenvalue weighted by molar-refractivity contribution is -0.140. The monoisotopic (exact) mass is 246 g/mol. The number of rotatable bonds is 5. The third kappa shape index (κ3) is 3.40. The van der Waals surface area contributed by atoms with Crippen LogP contribution in [0.1, 0.15) is 39.0 Å². The van der Waals surface area contributed by atoms with Crippen LogP contribution in [0.5, 0.6) is 0 Å². The Kier molecular flexibility index (Phi) is 5.12. The Hall–Kier alpha value is -0.710. The highest BCUT2D eigenvalue weighted by Gasteiger charge is 2.40. The van der Waals surface area contributed by atoms with Crippen LogP contribution < -0.4 is 0 Å². The number of aliphatic carboxylic acids is 1. The van der Waals surface area contributed by atoms with Crippen molar-refractivity contribution in [1.82, 2.24) is 0 Å². The zero-order valence-electron chi connectivity index (χ0n) is 9.53. The van der Waals surface area contributed by atoms with Gasteiger partial charge in [0.25, 0.3) is 0 Å². The molecule has 1 aliphatic rings. The molecule has 0 atom stereocenters. The van der Waals surface area contributed by atoms with Crippen LogP contribution in [-0.2, 0) is 14.3 Å². The van der Waals surface area contributed by atoms with E-state index < -0.39 is 10.7 Å². The van der Waals surface area contributed by atoms with Crippen molar-refractivity contribution in [2.45, 2.75) is 43.8 Å². The molecule has 0 radical (unpaired) electrons. The fraction of sp³-hybridized carbons (Fsp3) is 0.818. The molecule has 0 aromatic carbocycles. The first-order chi connectivity index (χ1) is 7.60. The normalized spacial score (nSPS) is 19.1. The van der Waals surface area contributed by atoms with E-state index in [0.29, 0.717) is 19.4 Å². The van der Waals surface area contributed by atoms with Crippen LogP contribution in [0.3, 0.4) is 0 Å². The van der Waals surface area contributed by atoms with Crippen LogP contribution in [0.2, 0.25) is 0 Å². The van der Waals surface area contributed by atoms with E-state index in [0.717, 1.165) is 19.3 Å². The van der Waals surface area contributed by atoms with Gasteiger partial charge in [-0.25, -0.2) is 0 Å². The average Bonchev–Trinajstić information content (AvgIpc) is 2.28. The Labute approximate surface area is 99.7 Å². The van der Waals surface area contributed by atoms with E-state index in [1.807, 2.05) is 0 Å². The highest BCUT2D eigenvalue weighted by molar-refractivity contribution is 8.02. The Morgan fingerprint density at radius 3 is 2.44 bits per heavy atom. The minimum Gasteiger partial charge on any atom is -0.480 e. The number of carbonyl (C=O) groups excluding carboxylic acids is 1. The average molecular weight is 246 g/mol. The van der Waals surface area contributed by atoms with Gasteiger partial charge in [-0.1, -0.05) is 19.3 Å². The summed E-state index contributed by atoms with van der Waals surface area (Å²) in [5.41, 5.74) is 0. The molecule has 1 saturated carbocycles. The summed E-state index contributed by atoms with van der Waals surface area (Å²) in [4.78, 5) is 22.5. The van der Waals surface area contributed by atoms with Crippen LogP contribution in [-0.4, -0.2) is 34.2 Å². The van der Waals surface area contributed by atoms with E-state index in [4.69, 9.17) is 4.74 Å². The first-order valence-electron chi connectivity index (χ1n) is 5.64. The molecule has 0 unspecified atom stereocenters. The first kappa shape index (κ1) is 13.4. The van der Waals surface area contributed by atoms with E-state index in [2.05, 4.69) is 0 Å². The fourth-order valence-electron chi connectivity index (χ4n) is 1.94. The molecule has 16 heavy (non-hydrogen) atoms. The van der Waals surface area contributed by atoms with Crippen LogP contribution >= 0.6 is 11.8 Å². The molecule has 0 aromatic heterocycles. The van der Waals surface area contributed by atoms with Gasteiger partial charge in [0.05, 0.1) is 12.4 Å². The molecule has 0 aromatic rings. The number of carboxylic acids is 1. The largest absolute Gasteiger partial charge is 0.480 e. The highest BCUT2D eigenvalue weighted by Crippen LogP contribution is 2.40. The molecule has 1 aliphatic carbocycles. The minimum absolute atomic E-state index is 0.139. The van der Waals surface area contributed by atoms with Crippen molar-refractivity contribution in [1.29, 1.82) is 0 Å². The van der Waals surface area contributed by atoms with Gasteiger partial charge in [0, 0.05) is 0 Å². The Morgan fingerprint density at radius 1 is 1.31 bits per heavy atom. The number of carboxylic acid groups (broad SMARTS) is 1. The third-order valence-corrected chi connectivity index (χ3v) is 4.34. The molecule has 0 spiro atoms. The lowest BCUT2D eigenvalue weighted by Crippen LogP contribution is -2.38. The van der Waals surface area contributed by atoms with Gasteiger partial charge < -0.3 is 9.84 Å². The maximum Gasteiger partial charge on any atom is 0.319 e. The quantitative estimate of drug-likeness (QED) is 0.752. The summed E-state index contributed by atoms with van der Waals surface area (Å²) in [6.45, 7) is 2.09. The molecular formula is C11H18O4S. The number of esters is 1. The summed E-state index contributed by atoms with van der Waals surface area (Å²) in [6.07, 6.45) is 4.28. The van der Waals surface area contributed by atoms with Crippen LogP contribution in [0.15, 0.2) is 0 Å². The number of hydrogen-bond donors (Lipinski definition) is 1. The van der Waals surface area contributed by atoms with Crippen molar-refractivity contribution in [3.63, 3.8) is 0 Å². The van der Waals surface area contributed by atoms with E-state index in [1.165, 1.54) is 11.8 Å². The second-order valence-corrected chi connectivity index (χ2v) is 5.31. The molecule has 0 saturated heterocycles. The molecule has 1 fully saturated rings. The molecule has 0 heterocycles. The van der Waals surface area contributed by atoms with E-state index >= 15 is 0 Å². The standard InChI is InChI=1S/C11H18O4S/c1-2-15-9(12)8-16-11(10(13)14)6-4-3-5-7-11/h2-8H2,1H3,(H,13,14). The number of thioether (sulfide) groups is 1. The second kappa shape index (κ2) is 6.13. The zero-order valence-corrected chi connectivity index (χ0v) is 10.3. The van der Waals surface area contributed by atoms with Crippen molar-refractivity contribution in [2.24, 2.45) is 0 Å². The third-order valence-electron chi connectivity index (χ3n) is 2.82.